The van der Waals surface area contributed by atoms with Crippen LogP contribution in [0.2, 0.25) is 0 Å². The van der Waals surface area contributed by atoms with Gasteiger partial charge in [0, 0.05) is 26.3 Å². The zero-order valence-electron chi connectivity index (χ0n) is 11.4. The maximum Gasteiger partial charge on any atom is 0.269 e. The van der Waals surface area contributed by atoms with E-state index < -0.39 is 0 Å². The van der Waals surface area contributed by atoms with Crippen molar-refractivity contribution in [3.63, 3.8) is 0 Å². The predicted molar refractivity (Wildman–Crippen MR) is 70.5 cm³/mol. The zero-order chi connectivity index (χ0) is 13.8. The van der Waals surface area contributed by atoms with Crippen LogP contribution in [0, 0.1) is 5.92 Å². The Balaban J connectivity index is 1.83. The molecule has 2 amide bonds. The number of hydrogen-bond donors (Lipinski definition) is 1. The Hall–Kier alpha value is -1.85. The van der Waals surface area contributed by atoms with Crippen LogP contribution in [0.3, 0.4) is 0 Å². The van der Waals surface area contributed by atoms with Crippen molar-refractivity contribution in [2.24, 2.45) is 13.0 Å². The lowest BCUT2D eigenvalue weighted by atomic mass is 10.0. The largest absolute Gasteiger partial charge is 0.342 e. The third kappa shape index (κ3) is 3.33. The second kappa shape index (κ2) is 5.86. The topological polar surface area (TPSA) is 67.2 Å². The highest BCUT2D eigenvalue weighted by atomic mass is 16.2. The summed E-state index contributed by atoms with van der Waals surface area (Å²) in [5, 5.41) is 6.57. The Morgan fingerprint density at radius 2 is 2.32 bits per heavy atom. The SMILES string of the molecule is CC1CCCN(C(=O)CNC(=O)c2ccnn2C)C1. The summed E-state index contributed by atoms with van der Waals surface area (Å²) in [6.45, 7) is 3.79. The lowest BCUT2D eigenvalue weighted by molar-refractivity contribution is -0.131. The second-order valence-electron chi connectivity index (χ2n) is 5.11. The summed E-state index contributed by atoms with van der Waals surface area (Å²) in [7, 11) is 1.70. The van der Waals surface area contributed by atoms with Crippen LogP contribution in [0.15, 0.2) is 12.3 Å². The first-order chi connectivity index (χ1) is 9.08. The smallest absolute Gasteiger partial charge is 0.269 e. The molecule has 1 atom stereocenters. The van der Waals surface area contributed by atoms with Crippen LogP contribution < -0.4 is 5.32 Å². The van der Waals surface area contributed by atoms with Gasteiger partial charge in [-0.1, -0.05) is 6.92 Å². The van der Waals surface area contributed by atoms with Crippen LogP contribution in [0.4, 0.5) is 0 Å². The van der Waals surface area contributed by atoms with E-state index in [4.69, 9.17) is 0 Å². The number of likely N-dealkylation sites (tertiary alicyclic amines) is 1. The van der Waals surface area contributed by atoms with Gasteiger partial charge in [-0.25, -0.2) is 0 Å². The van der Waals surface area contributed by atoms with Gasteiger partial charge in [-0.15, -0.1) is 0 Å². The van der Waals surface area contributed by atoms with E-state index in [9.17, 15) is 9.59 Å². The molecule has 19 heavy (non-hydrogen) atoms. The highest BCUT2D eigenvalue weighted by Gasteiger charge is 2.21. The van der Waals surface area contributed by atoms with Crippen LogP contribution in [0.25, 0.3) is 0 Å². The Labute approximate surface area is 112 Å². The molecule has 1 aliphatic rings. The number of carbonyl (C=O) groups is 2. The van der Waals surface area contributed by atoms with Crippen LogP contribution in [0.5, 0.6) is 0 Å². The van der Waals surface area contributed by atoms with Gasteiger partial charge in [-0.2, -0.15) is 5.10 Å². The summed E-state index contributed by atoms with van der Waals surface area (Å²) in [6.07, 6.45) is 3.77. The highest BCUT2D eigenvalue weighted by molar-refractivity contribution is 5.95. The molecule has 0 saturated carbocycles. The molecule has 1 aromatic rings. The van der Waals surface area contributed by atoms with Gasteiger partial charge in [0.15, 0.2) is 0 Å². The minimum Gasteiger partial charge on any atom is -0.342 e. The maximum atomic E-state index is 12.0. The number of amides is 2. The molecule has 104 valence electrons. The summed E-state index contributed by atoms with van der Waals surface area (Å²) < 4.78 is 1.49. The fourth-order valence-corrected chi connectivity index (χ4v) is 2.37. The summed E-state index contributed by atoms with van der Waals surface area (Å²) in [5.41, 5.74) is 0.458. The van der Waals surface area contributed by atoms with Crippen molar-refractivity contribution in [2.45, 2.75) is 19.8 Å². The lowest BCUT2D eigenvalue weighted by Gasteiger charge is -2.31. The van der Waals surface area contributed by atoms with Crippen LogP contribution in [-0.2, 0) is 11.8 Å². The van der Waals surface area contributed by atoms with Gasteiger partial charge < -0.3 is 10.2 Å². The molecule has 1 saturated heterocycles. The predicted octanol–water partition coefficient (Wildman–Crippen LogP) is 0.408. The van der Waals surface area contributed by atoms with Crippen molar-refractivity contribution in [3.8, 4) is 0 Å². The molecular formula is C13H20N4O2. The van der Waals surface area contributed by atoms with E-state index >= 15 is 0 Å². The minimum atomic E-state index is -0.265. The number of nitrogens with zero attached hydrogens (tertiary/aromatic N) is 3. The average molecular weight is 264 g/mol. The molecule has 0 aromatic carbocycles. The van der Waals surface area contributed by atoms with Crippen LogP contribution in [-0.4, -0.2) is 46.1 Å². The first-order valence-electron chi connectivity index (χ1n) is 6.62. The van der Waals surface area contributed by atoms with E-state index in [1.807, 2.05) is 4.90 Å². The molecule has 0 aliphatic carbocycles. The van der Waals surface area contributed by atoms with E-state index in [2.05, 4.69) is 17.3 Å². The maximum absolute atomic E-state index is 12.0. The van der Waals surface area contributed by atoms with Gasteiger partial charge in [0.05, 0.1) is 6.54 Å². The summed E-state index contributed by atoms with van der Waals surface area (Å²) in [5.74, 6) is 0.269. The van der Waals surface area contributed by atoms with Crippen molar-refractivity contribution >= 4 is 11.8 Å². The molecule has 2 heterocycles. The van der Waals surface area contributed by atoms with Crippen molar-refractivity contribution in [3.05, 3.63) is 18.0 Å². The number of piperidine rings is 1. The Morgan fingerprint density at radius 3 is 2.95 bits per heavy atom. The number of rotatable bonds is 3. The number of aryl methyl sites for hydroxylation is 1. The van der Waals surface area contributed by atoms with Gasteiger partial charge in [0.1, 0.15) is 5.69 Å². The number of hydrogen-bond acceptors (Lipinski definition) is 3. The Morgan fingerprint density at radius 1 is 1.53 bits per heavy atom. The van der Waals surface area contributed by atoms with Crippen molar-refractivity contribution < 1.29 is 9.59 Å². The van der Waals surface area contributed by atoms with Crippen LogP contribution >= 0.6 is 0 Å². The van der Waals surface area contributed by atoms with Crippen LogP contribution in [0.1, 0.15) is 30.3 Å². The summed E-state index contributed by atoms with van der Waals surface area (Å²) >= 11 is 0. The third-order valence-corrected chi connectivity index (χ3v) is 3.46. The first kappa shape index (κ1) is 13.6. The zero-order valence-corrected chi connectivity index (χ0v) is 11.4. The third-order valence-electron chi connectivity index (χ3n) is 3.46. The Kier molecular flexibility index (Phi) is 4.19. The van der Waals surface area contributed by atoms with Gasteiger partial charge in [-0.05, 0) is 24.8 Å². The van der Waals surface area contributed by atoms with E-state index in [0.717, 1.165) is 19.5 Å². The van der Waals surface area contributed by atoms with E-state index in [0.29, 0.717) is 11.6 Å². The second-order valence-corrected chi connectivity index (χ2v) is 5.11. The average Bonchev–Trinajstić information content (AvgIpc) is 2.82. The Bertz CT molecular complexity index is 469. The molecule has 0 spiro atoms. The fourth-order valence-electron chi connectivity index (χ4n) is 2.37. The standard InChI is InChI=1S/C13H20N4O2/c1-10-4-3-7-17(9-10)12(18)8-14-13(19)11-5-6-15-16(11)2/h5-6,10H,3-4,7-9H2,1-2H3,(H,14,19). The molecule has 1 N–H and O–H groups in total. The molecular weight excluding hydrogens is 244 g/mol. The molecule has 2 rings (SSSR count). The lowest BCUT2D eigenvalue weighted by Crippen LogP contribution is -2.44. The molecule has 6 heteroatoms. The highest BCUT2D eigenvalue weighted by Crippen LogP contribution is 2.15. The first-order valence-corrected chi connectivity index (χ1v) is 6.62. The van der Waals surface area contributed by atoms with E-state index in [-0.39, 0.29) is 18.4 Å². The number of nitrogens with one attached hydrogen (secondary N) is 1. The normalized spacial score (nSPS) is 19.3. The van der Waals surface area contributed by atoms with Gasteiger partial charge >= 0.3 is 0 Å². The molecule has 1 fully saturated rings. The monoisotopic (exact) mass is 264 g/mol. The quantitative estimate of drug-likeness (QED) is 0.859. The van der Waals surface area contributed by atoms with Crippen molar-refractivity contribution in [1.29, 1.82) is 0 Å². The molecule has 0 bridgehead atoms. The molecule has 1 unspecified atom stereocenters. The molecule has 6 nitrogen and oxygen atoms in total. The van der Waals surface area contributed by atoms with Crippen molar-refractivity contribution in [2.75, 3.05) is 19.6 Å². The fraction of sp³-hybridized carbons (Fsp3) is 0.615. The van der Waals surface area contributed by atoms with Gasteiger partial charge in [0.25, 0.3) is 5.91 Å². The molecule has 1 aliphatic heterocycles. The minimum absolute atomic E-state index is 0.0120. The summed E-state index contributed by atoms with van der Waals surface area (Å²) in [6, 6.07) is 1.63. The summed E-state index contributed by atoms with van der Waals surface area (Å²) in [4.78, 5) is 25.7. The molecule has 1 aromatic heterocycles. The van der Waals surface area contributed by atoms with Gasteiger partial charge in [-0.3, -0.25) is 14.3 Å². The van der Waals surface area contributed by atoms with E-state index in [1.165, 1.54) is 11.1 Å². The molecule has 0 radical (unpaired) electrons. The number of aromatic nitrogens is 2. The van der Waals surface area contributed by atoms with E-state index in [1.54, 1.807) is 19.3 Å². The van der Waals surface area contributed by atoms with Gasteiger partial charge in [0.2, 0.25) is 5.91 Å². The van der Waals surface area contributed by atoms with Crippen molar-refractivity contribution in [1.82, 2.24) is 20.0 Å². The number of carbonyl (C=O) groups excluding carboxylic acids is 2.